The van der Waals surface area contributed by atoms with Gasteiger partial charge in [-0.1, -0.05) is 36.4 Å². The number of carbonyl (C=O) groups is 1. The molecule has 0 fully saturated rings. The molecule has 1 aliphatic heterocycles. The number of nitrogens with one attached hydrogen (secondary N) is 2. The monoisotopic (exact) mass is 440 g/mol. The summed E-state index contributed by atoms with van der Waals surface area (Å²) in [5.41, 5.74) is 5.96. The number of rotatable bonds is 4. The Hall–Kier alpha value is -3.44. The lowest BCUT2D eigenvalue weighted by Gasteiger charge is -2.26. The van der Waals surface area contributed by atoms with Crippen LogP contribution >= 0.6 is 0 Å². The van der Waals surface area contributed by atoms with Crippen molar-refractivity contribution < 1.29 is 13.6 Å². The lowest BCUT2D eigenvalue weighted by molar-refractivity contribution is 0.0962. The molecule has 166 valence electrons. The number of benzene rings is 3. The van der Waals surface area contributed by atoms with Gasteiger partial charge in [0.1, 0.15) is 17.2 Å². The molecule has 2 heterocycles. The minimum Gasteiger partial charge on any atom is -0.459 e. The molecular weight excluding hydrogens is 415 g/mol. The Morgan fingerprint density at radius 2 is 1.94 bits per heavy atom. The summed E-state index contributed by atoms with van der Waals surface area (Å²) in [5, 5.41) is 7.55. The molecule has 5 heteroatoms. The molecule has 0 saturated heterocycles. The van der Waals surface area contributed by atoms with Crippen LogP contribution in [0.3, 0.4) is 0 Å². The van der Waals surface area contributed by atoms with Gasteiger partial charge in [0.2, 0.25) is 0 Å². The highest BCUT2D eigenvalue weighted by Gasteiger charge is 2.28. The number of furan rings is 1. The van der Waals surface area contributed by atoms with Crippen molar-refractivity contribution in [1.29, 1.82) is 0 Å². The number of halogens is 1. The van der Waals surface area contributed by atoms with Crippen molar-refractivity contribution >= 4 is 16.9 Å². The van der Waals surface area contributed by atoms with Gasteiger partial charge in [-0.15, -0.1) is 0 Å². The molecule has 0 saturated carbocycles. The van der Waals surface area contributed by atoms with Gasteiger partial charge in [0.25, 0.3) is 5.91 Å². The Bertz CT molecular complexity index is 1380. The van der Waals surface area contributed by atoms with E-state index in [1.54, 1.807) is 0 Å². The topological polar surface area (TPSA) is 54.3 Å². The number of hydrogen-bond donors (Lipinski definition) is 2. The molecule has 1 aliphatic carbocycles. The third-order valence-electron chi connectivity index (χ3n) is 6.98. The van der Waals surface area contributed by atoms with Crippen LogP contribution in [0, 0.1) is 5.82 Å². The highest BCUT2D eigenvalue weighted by molar-refractivity contribution is 5.99. The predicted octanol–water partition coefficient (Wildman–Crippen LogP) is 6.21. The summed E-state index contributed by atoms with van der Waals surface area (Å²) in [6, 6.07) is 20.3. The second-order valence-corrected chi connectivity index (χ2v) is 9.07. The number of hydrogen-bond acceptors (Lipinski definition) is 3. The van der Waals surface area contributed by atoms with Crippen LogP contribution in [0.25, 0.3) is 22.1 Å². The van der Waals surface area contributed by atoms with E-state index >= 15 is 0 Å². The molecule has 0 radical (unpaired) electrons. The average molecular weight is 441 g/mol. The number of carbonyl (C=O) groups excluding carboxylic acids is 1. The van der Waals surface area contributed by atoms with Gasteiger partial charge in [0, 0.05) is 23.5 Å². The van der Waals surface area contributed by atoms with E-state index in [-0.39, 0.29) is 23.6 Å². The third kappa shape index (κ3) is 3.44. The van der Waals surface area contributed by atoms with Crippen molar-refractivity contribution in [1.82, 2.24) is 10.6 Å². The van der Waals surface area contributed by atoms with Crippen LogP contribution in [0.15, 0.2) is 65.1 Å². The van der Waals surface area contributed by atoms with E-state index in [0.717, 1.165) is 47.1 Å². The van der Waals surface area contributed by atoms with Gasteiger partial charge < -0.3 is 15.1 Å². The molecule has 0 spiro atoms. The van der Waals surface area contributed by atoms with Gasteiger partial charge in [-0.25, -0.2) is 4.39 Å². The molecule has 3 aromatic carbocycles. The molecule has 1 unspecified atom stereocenters. The lowest BCUT2D eigenvalue weighted by Crippen LogP contribution is -2.27. The summed E-state index contributed by atoms with van der Waals surface area (Å²) in [4.78, 5) is 11.9. The van der Waals surface area contributed by atoms with Crippen LogP contribution in [-0.2, 0) is 13.0 Å². The van der Waals surface area contributed by atoms with Crippen molar-refractivity contribution in [2.75, 3.05) is 0 Å². The fraction of sp³-hybridized carbons (Fsp3) is 0.250. The van der Waals surface area contributed by atoms with E-state index in [9.17, 15) is 9.18 Å². The van der Waals surface area contributed by atoms with Gasteiger partial charge in [0.05, 0.1) is 11.6 Å². The molecule has 4 nitrogen and oxygen atoms in total. The maximum atomic E-state index is 14.6. The Labute approximate surface area is 191 Å². The molecule has 33 heavy (non-hydrogen) atoms. The molecule has 2 N–H and O–H groups in total. The van der Waals surface area contributed by atoms with Crippen molar-refractivity contribution in [2.24, 2.45) is 0 Å². The van der Waals surface area contributed by atoms with Crippen LogP contribution in [0.4, 0.5) is 4.39 Å². The Morgan fingerprint density at radius 3 is 2.79 bits per heavy atom. The number of fused-ring (bicyclic) bond motifs is 4. The maximum Gasteiger partial charge on any atom is 0.254 e. The van der Waals surface area contributed by atoms with Gasteiger partial charge in [-0.3, -0.25) is 4.79 Å². The van der Waals surface area contributed by atoms with Crippen molar-refractivity contribution in [3.05, 3.63) is 94.5 Å². The van der Waals surface area contributed by atoms with E-state index in [1.807, 2.05) is 24.3 Å². The summed E-state index contributed by atoms with van der Waals surface area (Å²) >= 11 is 0. The van der Waals surface area contributed by atoms with E-state index in [2.05, 4.69) is 47.9 Å². The van der Waals surface area contributed by atoms with Crippen LogP contribution in [0.5, 0.6) is 0 Å². The van der Waals surface area contributed by atoms with Gasteiger partial charge >= 0.3 is 0 Å². The fourth-order valence-electron chi connectivity index (χ4n) is 5.29. The zero-order valence-electron chi connectivity index (χ0n) is 18.5. The van der Waals surface area contributed by atoms with Gasteiger partial charge in [0.15, 0.2) is 0 Å². The molecule has 1 amide bonds. The van der Waals surface area contributed by atoms with Crippen LogP contribution < -0.4 is 10.6 Å². The van der Waals surface area contributed by atoms with Gasteiger partial charge in [-0.2, -0.15) is 0 Å². The summed E-state index contributed by atoms with van der Waals surface area (Å²) in [6.45, 7) is 2.56. The van der Waals surface area contributed by atoms with Crippen molar-refractivity contribution in [3.63, 3.8) is 0 Å². The first kappa shape index (κ1) is 20.2. The zero-order chi connectivity index (χ0) is 22.5. The summed E-state index contributed by atoms with van der Waals surface area (Å²) in [7, 11) is 0. The van der Waals surface area contributed by atoms with Crippen LogP contribution in [0.1, 0.15) is 64.7 Å². The highest BCUT2D eigenvalue weighted by atomic mass is 19.1. The van der Waals surface area contributed by atoms with E-state index < -0.39 is 5.82 Å². The SMILES string of the molecule is C[C@@H](NC1CCCc2c1oc1ccc(-c3cc(F)c4c(c3)CNC4=O)cc21)c1ccccc1. The lowest BCUT2D eigenvalue weighted by atomic mass is 9.90. The van der Waals surface area contributed by atoms with E-state index in [4.69, 9.17) is 4.42 Å². The Balaban J connectivity index is 1.36. The average Bonchev–Trinajstić information content (AvgIpc) is 3.40. The molecular formula is C28H25FN2O2. The summed E-state index contributed by atoms with van der Waals surface area (Å²) in [6.07, 6.45) is 3.10. The zero-order valence-corrected chi connectivity index (χ0v) is 18.5. The first-order chi connectivity index (χ1) is 16.1. The van der Waals surface area contributed by atoms with Crippen molar-refractivity contribution in [2.45, 2.75) is 44.8 Å². The summed E-state index contributed by atoms with van der Waals surface area (Å²) in [5.74, 6) is 0.216. The first-order valence-corrected chi connectivity index (χ1v) is 11.6. The quantitative estimate of drug-likeness (QED) is 0.397. The fourth-order valence-corrected chi connectivity index (χ4v) is 5.29. The molecule has 2 aliphatic rings. The second kappa shape index (κ2) is 7.85. The normalized spacial score (nSPS) is 18.1. The highest BCUT2D eigenvalue weighted by Crippen LogP contribution is 2.40. The van der Waals surface area contributed by atoms with Crippen molar-refractivity contribution in [3.8, 4) is 11.1 Å². The van der Waals surface area contributed by atoms with E-state index in [0.29, 0.717) is 12.1 Å². The maximum absolute atomic E-state index is 14.6. The van der Waals surface area contributed by atoms with Crippen LogP contribution in [-0.4, -0.2) is 5.91 Å². The van der Waals surface area contributed by atoms with E-state index in [1.165, 1.54) is 17.2 Å². The molecule has 2 atom stereocenters. The number of aryl methyl sites for hydroxylation is 1. The molecule has 6 rings (SSSR count). The minimum atomic E-state index is -0.467. The largest absolute Gasteiger partial charge is 0.459 e. The third-order valence-corrected chi connectivity index (χ3v) is 6.98. The predicted molar refractivity (Wildman–Crippen MR) is 126 cm³/mol. The molecule has 4 aromatic rings. The minimum absolute atomic E-state index is 0.161. The Morgan fingerprint density at radius 1 is 1.09 bits per heavy atom. The standard InChI is InChI=1S/C28H25FN2O2/c1-16(17-6-3-2-4-7-17)31-24-9-5-8-21-22-13-18(10-11-25(22)33-27(21)24)19-12-20-15-30-28(32)26(20)23(29)14-19/h2-4,6-7,10-14,16,24,31H,5,8-9,15H2,1H3,(H,30,32)/t16-,24?/m1/s1. The Kier molecular flexibility index (Phi) is 4.80. The van der Waals surface area contributed by atoms with Gasteiger partial charge in [-0.05, 0) is 72.7 Å². The summed E-state index contributed by atoms with van der Waals surface area (Å²) < 4.78 is 21.0. The number of amides is 1. The molecule has 1 aromatic heterocycles. The smallest absolute Gasteiger partial charge is 0.254 e. The first-order valence-electron chi connectivity index (χ1n) is 11.6. The van der Waals surface area contributed by atoms with Crippen LogP contribution in [0.2, 0.25) is 0 Å². The second-order valence-electron chi connectivity index (χ2n) is 9.07. The molecule has 0 bridgehead atoms.